The molecule has 1 fully saturated rings. The average molecular weight is 144 g/mol. The van der Waals surface area contributed by atoms with Crippen molar-refractivity contribution in [3.8, 4) is 0 Å². The van der Waals surface area contributed by atoms with Crippen LogP contribution in [0.2, 0.25) is 0 Å². The van der Waals surface area contributed by atoms with Crippen molar-refractivity contribution in [1.29, 1.82) is 0 Å². The van der Waals surface area contributed by atoms with Gasteiger partial charge in [0.25, 0.3) is 0 Å². The second kappa shape index (κ2) is 2.28. The first kappa shape index (κ1) is 7.05. The molecule has 1 aliphatic heterocycles. The summed E-state index contributed by atoms with van der Waals surface area (Å²) in [6, 6.07) is 0. The molecule has 1 aliphatic rings. The summed E-state index contributed by atoms with van der Waals surface area (Å²) in [5, 5.41) is 0. The second-order valence-corrected chi connectivity index (χ2v) is 2.22. The van der Waals surface area contributed by atoms with Gasteiger partial charge in [0.15, 0.2) is 0 Å². The second-order valence-electron chi connectivity index (χ2n) is 2.22. The molecule has 2 atom stereocenters. The van der Waals surface area contributed by atoms with E-state index >= 15 is 0 Å². The molecule has 1 rings (SSSR count). The van der Waals surface area contributed by atoms with Gasteiger partial charge in [0.2, 0.25) is 0 Å². The largest absolute Gasteiger partial charge is 0.450 e. The molecule has 10 heavy (non-hydrogen) atoms. The number of esters is 2. The maximum absolute atomic E-state index is 10.5. The first-order valence-corrected chi connectivity index (χ1v) is 3.03. The van der Waals surface area contributed by atoms with Crippen LogP contribution in [0.3, 0.4) is 0 Å². The molecular formula is C6H8O4. The Morgan fingerprint density at radius 2 is 1.30 bits per heavy atom. The number of carbonyl (C=O) groups excluding carboxylic acids is 2. The lowest BCUT2D eigenvalue weighted by atomic mass is 10.2. The van der Waals surface area contributed by atoms with Gasteiger partial charge in [-0.15, -0.1) is 0 Å². The molecule has 0 aromatic heterocycles. The van der Waals surface area contributed by atoms with Gasteiger partial charge in [-0.2, -0.15) is 0 Å². The third-order valence-electron chi connectivity index (χ3n) is 1.41. The van der Waals surface area contributed by atoms with E-state index in [9.17, 15) is 9.59 Å². The minimum Gasteiger partial charge on any atom is -0.450 e. The van der Waals surface area contributed by atoms with E-state index in [0.717, 1.165) is 0 Å². The Morgan fingerprint density at radius 3 is 1.60 bits per heavy atom. The van der Waals surface area contributed by atoms with E-state index in [1.54, 1.807) is 13.8 Å². The van der Waals surface area contributed by atoms with E-state index < -0.39 is 11.9 Å². The Labute approximate surface area is 58.1 Å². The van der Waals surface area contributed by atoms with Crippen molar-refractivity contribution in [3.63, 3.8) is 0 Å². The van der Waals surface area contributed by atoms with Crippen molar-refractivity contribution < 1.29 is 19.1 Å². The van der Waals surface area contributed by atoms with E-state index in [4.69, 9.17) is 0 Å². The molecule has 0 aliphatic carbocycles. The topological polar surface area (TPSA) is 52.6 Å². The lowest BCUT2D eigenvalue weighted by molar-refractivity contribution is -0.191. The van der Waals surface area contributed by atoms with Gasteiger partial charge >= 0.3 is 11.9 Å². The van der Waals surface area contributed by atoms with Crippen LogP contribution >= 0.6 is 0 Å². The molecule has 0 saturated carbocycles. The first-order valence-electron chi connectivity index (χ1n) is 3.03. The predicted octanol–water partition coefficient (Wildman–Crippen LogP) is -0.137. The third-order valence-corrected chi connectivity index (χ3v) is 1.41. The molecule has 0 spiro atoms. The number of ether oxygens (including phenoxy) is 2. The van der Waals surface area contributed by atoms with E-state index in [1.807, 2.05) is 0 Å². The monoisotopic (exact) mass is 144 g/mol. The molecule has 1 heterocycles. The van der Waals surface area contributed by atoms with Crippen LogP contribution in [0.25, 0.3) is 0 Å². The van der Waals surface area contributed by atoms with Crippen molar-refractivity contribution in [1.82, 2.24) is 0 Å². The zero-order chi connectivity index (χ0) is 7.72. The normalized spacial score (nSPS) is 33.0. The van der Waals surface area contributed by atoms with Crippen molar-refractivity contribution in [2.24, 2.45) is 0 Å². The molecular weight excluding hydrogens is 136 g/mol. The van der Waals surface area contributed by atoms with Crippen LogP contribution in [0.5, 0.6) is 0 Å². The minimum absolute atomic E-state index is 0.329. The number of hydrogen-bond donors (Lipinski definition) is 0. The summed E-state index contributed by atoms with van der Waals surface area (Å²) >= 11 is 0. The van der Waals surface area contributed by atoms with Gasteiger partial charge in [-0.3, -0.25) is 0 Å². The van der Waals surface area contributed by atoms with Crippen molar-refractivity contribution in [3.05, 3.63) is 0 Å². The predicted molar refractivity (Wildman–Crippen MR) is 31.1 cm³/mol. The van der Waals surface area contributed by atoms with E-state index in [0.29, 0.717) is 0 Å². The minimum atomic E-state index is -0.898. The SMILES string of the molecule is CC1OC(=O)C(=O)O[C@H]1C. The molecule has 1 unspecified atom stereocenters. The molecule has 0 aromatic rings. The molecule has 56 valence electrons. The van der Waals surface area contributed by atoms with Gasteiger partial charge in [-0.25, -0.2) is 9.59 Å². The molecule has 4 heteroatoms. The van der Waals surface area contributed by atoms with Gasteiger partial charge in [0.1, 0.15) is 12.2 Å². The Hall–Kier alpha value is -1.06. The number of carbonyl (C=O) groups is 2. The van der Waals surface area contributed by atoms with Crippen LogP contribution < -0.4 is 0 Å². The van der Waals surface area contributed by atoms with Gasteiger partial charge in [-0.05, 0) is 13.8 Å². The highest BCUT2D eigenvalue weighted by Crippen LogP contribution is 2.09. The summed E-state index contributed by atoms with van der Waals surface area (Å²) in [7, 11) is 0. The number of hydrogen-bond acceptors (Lipinski definition) is 4. The van der Waals surface area contributed by atoms with Gasteiger partial charge < -0.3 is 9.47 Å². The summed E-state index contributed by atoms with van der Waals surface area (Å²) in [4.78, 5) is 20.9. The van der Waals surface area contributed by atoms with Crippen molar-refractivity contribution in [2.45, 2.75) is 26.1 Å². The van der Waals surface area contributed by atoms with Crippen molar-refractivity contribution in [2.75, 3.05) is 0 Å². The highest BCUT2D eigenvalue weighted by atomic mass is 16.6. The summed E-state index contributed by atoms with van der Waals surface area (Å²) in [6.07, 6.45) is -0.657. The van der Waals surface area contributed by atoms with Gasteiger partial charge in [0, 0.05) is 0 Å². The highest BCUT2D eigenvalue weighted by molar-refractivity contribution is 6.30. The van der Waals surface area contributed by atoms with Gasteiger partial charge in [-0.1, -0.05) is 0 Å². The first-order chi connectivity index (χ1) is 4.61. The van der Waals surface area contributed by atoms with E-state index in [-0.39, 0.29) is 12.2 Å². The number of cyclic esters (lactones) is 2. The maximum atomic E-state index is 10.5. The van der Waals surface area contributed by atoms with E-state index in [2.05, 4.69) is 9.47 Å². The molecule has 0 bridgehead atoms. The smallest absolute Gasteiger partial charge is 0.417 e. The summed E-state index contributed by atoms with van der Waals surface area (Å²) in [5.74, 6) is -1.80. The highest BCUT2D eigenvalue weighted by Gasteiger charge is 2.32. The molecule has 0 radical (unpaired) electrons. The Balaban J connectivity index is 2.63. The van der Waals surface area contributed by atoms with Crippen LogP contribution in [-0.4, -0.2) is 24.1 Å². The van der Waals surface area contributed by atoms with Crippen LogP contribution in [0.15, 0.2) is 0 Å². The fraction of sp³-hybridized carbons (Fsp3) is 0.667. The van der Waals surface area contributed by atoms with Crippen LogP contribution in [-0.2, 0) is 19.1 Å². The lowest BCUT2D eigenvalue weighted by Crippen LogP contribution is -2.41. The third kappa shape index (κ3) is 1.10. The van der Waals surface area contributed by atoms with Gasteiger partial charge in [0.05, 0.1) is 0 Å². The van der Waals surface area contributed by atoms with Crippen LogP contribution in [0.4, 0.5) is 0 Å². The summed E-state index contributed by atoms with van der Waals surface area (Å²) in [5.41, 5.74) is 0. The fourth-order valence-corrected chi connectivity index (χ4v) is 0.626. The lowest BCUT2D eigenvalue weighted by Gasteiger charge is -2.24. The molecule has 1 saturated heterocycles. The Kier molecular flexibility index (Phi) is 1.61. The van der Waals surface area contributed by atoms with E-state index in [1.165, 1.54) is 0 Å². The summed E-state index contributed by atoms with van der Waals surface area (Å²) in [6.45, 7) is 3.35. The van der Waals surface area contributed by atoms with Crippen LogP contribution in [0.1, 0.15) is 13.8 Å². The Morgan fingerprint density at radius 1 is 1.00 bits per heavy atom. The Bertz CT molecular complexity index is 155. The number of rotatable bonds is 0. The molecule has 0 N–H and O–H groups in total. The zero-order valence-electron chi connectivity index (χ0n) is 5.79. The standard InChI is InChI=1S/C6H8O4/c1-3-4(2)10-6(8)5(7)9-3/h3-4H,1-2H3/t3-,4?/m0/s1. The summed E-state index contributed by atoms with van der Waals surface area (Å²) < 4.78 is 9.19. The van der Waals surface area contributed by atoms with Crippen molar-refractivity contribution >= 4 is 11.9 Å². The van der Waals surface area contributed by atoms with Crippen LogP contribution in [0, 0.1) is 0 Å². The maximum Gasteiger partial charge on any atom is 0.417 e. The zero-order valence-corrected chi connectivity index (χ0v) is 5.79. The fourth-order valence-electron chi connectivity index (χ4n) is 0.626. The quantitative estimate of drug-likeness (QED) is 0.351. The molecule has 0 amide bonds. The average Bonchev–Trinajstić information content (AvgIpc) is 1.84. The molecule has 0 aromatic carbocycles. The molecule has 4 nitrogen and oxygen atoms in total.